The van der Waals surface area contributed by atoms with Crippen LogP contribution < -0.4 is 0 Å². The second kappa shape index (κ2) is 58.6. The number of aryl methyl sites for hydroxylation is 2. The summed E-state index contributed by atoms with van der Waals surface area (Å²) in [5.74, 6) is 0. The molecule has 444 valence electrons. The number of allylic oxidation sites excluding steroid dienone is 4. The van der Waals surface area contributed by atoms with Crippen LogP contribution in [0.5, 0.6) is 0 Å². The Morgan fingerprint density at radius 2 is 0.506 bits per heavy atom. The van der Waals surface area contributed by atoms with Crippen LogP contribution in [-0.2, 0) is 33.3 Å². The zero-order valence-electron chi connectivity index (χ0n) is 51.9. The molecule has 0 unspecified atom stereocenters. The van der Waals surface area contributed by atoms with E-state index in [1.807, 2.05) is 0 Å². The smallest absolute Gasteiger partial charge is 0.0665 e. The van der Waals surface area contributed by atoms with E-state index in [1.165, 1.54) is 311 Å². The van der Waals surface area contributed by atoms with Crippen LogP contribution in [0.3, 0.4) is 0 Å². The number of aliphatic imine (C=N–C) groups is 2. The van der Waals surface area contributed by atoms with E-state index in [4.69, 9.17) is 9.98 Å². The molecule has 0 spiro atoms. The first kappa shape index (κ1) is 72.9. The molecule has 0 radical (unpaired) electrons. The van der Waals surface area contributed by atoms with Gasteiger partial charge in [0, 0.05) is 20.4 Å². The van der Waals surface area contributed by atoms with Crippen molar-refractivity contribution in [2.24, 2.45) is 9.98 Å². The molecule has 0 fully saturated rings. The zero-order valence-corrected chi connectivity index (χ0v) is 53.5. The third kappa shape index (κ3) is 45.3. The number of para-hydroxylation sites is 2. The summed E-state index contributed by atoms with van der Waals surface area (Å²) in [6, 6.07) is 18.0. The SMILES string of the molecule is CCCCCCCCCCCCCCCCCCCC/C=C/CCCc1ccccc1/N=C(CCCCCC)\C(CCCC)=N\c1ccccc1CCC/C=C/CCCCCCCCCCCCCCCCCCCC.[Pd]. The molecule has 2 aromatic rings. The quantitative estimate of drug-likeness (QED) is 0.0273. The van der Waals surface area contributed by atoms with E-state index in [1.54, 1.807) is 0 Å². The molecule has 0 heterocycles. The Bertz CT molecular complexity index is 1650. The fourth-order valence-corrected chi connectivity index (χ4v) is 11.2. The largest absolute Gasteiger partial charge is 0.251 e. The van der Waals surface area contributed by atoms with Gasteiger partial charge in [-0.1, -0.05) is 332 Å². The maximum absolute atomic E-state index is 5.57. The van der Waals surface area contributed by atoms with Gasteiger partial charge in [-0.3, -0.25) is 9.98 Å². The number of benzene rings is 2. The van der Waals surface area contributed by atoms with Gasteiger partial charge in [0.05, 0.1) is 22.8 Å². The van der Waals surface area contributed by atoms with E-state index in [9.17, 15) is 0 Å². The van der Waals surface area contributed by atoms with E-state index in [2.05, 4.69) is 101 Å². The van der Waals surface area contributed by atoms with Crippen LogP contribution in [0.25, 0.3) is 0 Å². The molecule has 2 nitrogen and oxygen atoms in total. The minimum Gasteiger partial charge on any atom is -0.251 e. The minimum atomic E-state index is 0. The van der Waals surface area contributed by atoms with Crippen molar-refractivity contribution in [1.82, 2.24) is 0 Å². The van der Waals surface area contributed by atoms with Gasteiger partial charge in [-0.2, -0.15) is 0 Å². The topological polar surface area (TPSA) is 24.7 Å². The molecular formula is C74H128N2Pd. The molecule has 0 aliphatic heterocycles. The third-order valence-electron chi connectivity index (χ3n) is 16.3. The fourth-order valence-electron chi connectivity index (χ4n) is 11.2. The summed E-state index contributed by atoms with van der Waals surface area (Å²) in [6.07, 6.45) is 80.2. The van der Waals surface area contributed by atoms with Crippen molar-refractivity contribution in [3.05, 3.63) is 84.0 Å². The van der Waals surface area contributed by atoms with Crippen molar-refractivity contribution < 1.29 is 20.4 Å². The Morgan fingerprint density at radius 3 is 0.805 bits per heavy atom. The van der Waals surface area contributed by atoms with Crippen molar-refractivity contribution in [3.8, 4) is 0 Å². The Kier molecular flexibility index (Phi) is 55.5. The van der Waals surface area contributed by atoms with Gasteiger partial charge >= 0.3 is 0 Å². The Morgan fingerprint density at radius 1 is 0.273 bits per heavy atom. The predicted molar refractivity (Wildman–Crippen MR) is 346 cm³/mol. The summed E-state index contributed by atoms with van der Waals surface area (Å²) in [7, 11) is 0. The number of nitrogens with zero attached hydrogens (tertiary/aromatic N) is 2. The maximum Gasteiger partial charge on any atom is 0.0665 e. The molecule has 2 aromatic carbocycles. The molecule has 77 heavy (non-hydrogen) atoms. The van der Waals surface area contributed by atoms with Gasteiger partial charge in [-0.15, -0.1) is 0 Å². The second-order valence-electron chi connectivity index (χ2n) is 23.6. The standard InChI is InChI=1S/C74H128N2.Pd/c1-5-9-13-16-18-20-22-24-26-28-30-32-34-36-38-40-42-44-46-48-50-52-54-61-69-63-57-59-66-71(69)75-73(65-12-8-4)74(68-56-15-11-7-3)76-72-67-60-58-64-70(72)62-55-53-51-49-47-45-43-41-39-37-35-33-31-29-27-25-23-21-19-17-14-10-6-2;/h48-51,57-60,63-64,66-67H,5-47,52-56,61-62,65,68H2,1-4H3;/b50-48+,51-49+,75-73+,76-74-;. The molecule has 0 bridgehead atoms. The Labute approximate surface area is 495 Å². The number of rotatable bonds is 57. The van der Waals surface area contributed by atoms with E-state index in [0.717, 1.165) is 56.3 Å². The summed E-state index contributed by atoms with van der Waals surface area (Å²) < 4.78 is 0. The fraction of sp³-hybridized carbons (Fsp3) is 0.757. The van der Waals surface area contributed by atoms with Gasteiger partial charge in [-0.05, 0) is 113 Å². The van der Waals surface area contributed by atoms with E-state index in [-0.39, 0.29) is 20.4 Å². The molecule has 0 amide bonds. The Balaban J connectivity index is 0.0000296. The van der Waals surface area contributed by atoms with Crippen LogP contribution in [0.1, 0.15) is 360 Å². The van der Waals surface area contributed by atoms with Crippen LogP contribution in [0, 0.1) is 0 Å². The monoisotopic (exact) mass is 1150 g/mol. The molecule has 0 aliphatic carbocycles. The van der Waals surface area contributed by atoms with Crippen molar-refractivity contribution in [2.75, 3.05) is 0 Å². The summed E-state index contributed by atoms with van der Waals surface area (Å²) in [5, 5.41) is 0. The van der Waals surface area contributed by atoms with E-state index < -0.39 is 0 Å². The summed E-state index contributed by atoms with van der Waals surface area (Å²) in [4.78, 5) is 11.1. The number of hydrogen-bond acceptors (Lipinski definition) is 2. The second-order valence-corrected chi connectivity index (χ2v) is 23.6. The molecule has 0 saturated carbocycles. The molecule has 0 aliphatic rings. The first-order chi connectivity index (χ1) is 37.7. The molecule has 3 heteroatoms. The van der Waals surface area contributed by atoms with Crippen LogP contribution in [-0.4, -0.2) is 11.4 Å². The van der Waals surface area contributed by atoms with Gasteiger partial charge in [0.25, 0.3) is 0 Å². The number of unbranched alkanes of at least 4 members (excludes halogenated alkanes) is 42. The molecular weight excluding hydrogens is 1020 g/mol. The maximum atomic E-state index is 5.57. The Hall–Kier alpha value is -2.08. The molecule has 0 aromatic heterocycles. The average Bonchev–Trinajstić information content (AvgIpc) is 3.44. The van der Waals surface area contributed by atoms with Crippen molar-refractivity contribution in [3.63, 3.8) is 0 Å². The van der Waals surface area contributed by atoms with Crippen LogP contribution in [0.2, 0.25) is 0 Å². The summed E-state index contributed by atoms with van der Waals surface area (Å²) >= 11 is 0. The van der Waals surface area contributed by atoms with Gasteiger partial charge in [0.15, 0.2) is 0 Å². The first-order valence-electron chi connectivity index (χ1n) is 34.3. The summed E-state index contributed by atoms with van der Waals surface area (Å²) in [6.45, 7) is 9.24. The molecule has 0 atom stereocenters. The van der Waals surface area contributed by atoms with Crippen molar-refractivity contribution in [1.29, 1.82) is 0 Å². The van der Waals surface area contributed by atoms with E-state index in [0.29, 0.717) is 0 Å². The van der Waals surface area contributed by atoms with Gasteiger partial charge < -0.3 is 0 Å². The average molecular weight is 1150 g/mol. The molecule has 0 N–H and O–H groups in total. The van der Waals surface area contributed by atoms with Crippen LogP contribution in [0.4, 0.5) is 11.4 Å². The van der Waals surface area contributed by atoms with Gasteiger partial charge in [0.2, 0.25) is 0 Å². The normalized spacial score (nSPS) is 12.2. The number of hydrogen-bond donors (Lipinski definition) is 0. The van der Waals surface area contributed by atoms with Gasteiger partial charge in [0.1, 0.15) is 0 Å². The van der Waals surface area contributed by atoms with Crippen LogP contribution >= 0.6 is 0 Å². The van der Waals surface area contributed by atoms with Crippen LogP contribution in [0.15, 0.2) is 82.8 Å². The van der Waals surface area contributed by atoms with Crippen molar-refractivity contribution >= 4 is 22.8 Å². The van der Waals surface area contributed by atoms with Gasteiger partial charge in [-0.25, -0.2) is 0 Å². The van der Waals surface area contributed by atoms with Crippen molar-refractivity contribution in [2.45, 2.75) is 362 Å². The first-order valence-corrected chi connectivity index (χ1v) is 34.3. The predicted octanol–water partition coefficient (Wildman–Crippen LogP) is 26.3. The third-order valence-corrected chi connectivity index (χ3v) is 16.3. The summed E-state index contributed by atoms with van der Waals surface area (Å²) in [5.41, 5.74) is 7.51. The molecule has 0 saturated heterocycles. The van der Waals surface area contributed by atoms with E-state index >= 15 is 0 Å². The zero-order chi connectivity index (χ0) is 54.1. The minimum absolute atomic E-state index is 0. The molecule has 2 rings (SSSR count).